The lowest BCUT2D eigenvalue weighted by atomic mass is 10.0. The topological polar surface area (TPSA) is 98.1 Å². The van der Waals surface area contributed by atoms with Crippen LogP contribution in [0.25, 0.3) is 0 Å². The number of carbonyl (C=O) groups excluding carboxylic acids is 1. The molecule has 0 aliphatic rings. The maximum atomic E-state index is 12.8. The minimum Gasteiger partial charge on any atom is -0.324 e. The summed E-state index contributed by atoms with van der Waals surface area (Å²) in [6, 6.07) is 16.1. The summed E-state index contributed by atoms with van der Waals surface area (Å²) in [5.74, 6) is -0.176. The van der Waals surface area contributed by atoms with Crippen molar-refractivity contribution < 1.29 is 13.2 Å². The summed E-state index contributed by atoms with van der Waals surface area (Å²) in [6.45, 7) is 5.48. The van der Waals surface area contributed by atoms with Gasteiger partial charge in [0, 0.05) is 11.8 Å². The van der Waals surface area contributed by atoms with Crippen molar-refractivity contribution in [3.05, 3.63) is 82.1 Å². The largest absolute Gasteiger partial charge is 0.324 e. The first-order valence-electron chi connectivity index (χ1n) is 9.46. The number of nitrogens with one attached hydrogen (secondary N) is 1. The van der Waals surface area contributed by atoms with Gasteiger partial charge in [-0.2, -0.15) is 5.10 Å². The number of nitrogens with zero attached hydrogens (tertiary/aromatic N) is 2. The Morgan fingerprint density at radius 2 is 1.80 bits per heavy atom. The fourth-order valence-electron chi connectivity index (χ4n) is 2.90. The Morgan fingerprint density at radius 3 is 2.50 bits per heavy atom. The zero-order valence-electron chi connectivity index (χ0n) is 17.0. The van der Waals surface area contributed by atoms with E-state index in [2.05, 4.69) is 10.4 Å². The number of aryl methyl sites for hydroxylation is 1. The molecule has 0 aliphatic carbocycles. The molecule has 30 heavy (non-hydrogen) atoms. The third-order valence-electron chi connectivity index (χ3n) is 4.55. The molecule has 0 fully saturated rings. The summed E-state index contributed by atoms with van der Waals surface area (Å²) in [4.78, 5) is 24.7. The molecule has 1 heterocycles. The van der Waals surface area contributed by atoms with Crippen LogP contribution in [-0.4, -0.2) is 24.1 Å². The predicted octanol–water partition coefficient (Wildman–Crippen LogP) is 3.15. The molecule has 1 N–H and O–H groups in total. The van der Waals surface area contributed by atoms with Gasteiger partial charge in [0.25, 0.3) is 5.56 Å². The van der Waals surface area contributed by atoms with Crippen LogP contribution in [0.2, 0.25) is 0 Å². The maximum absolute atomic E-state index is 12.8. The first-order valence-corrected chi connectivity index (χ1v) is 10.9. The SMILES string of the molecule is Cc1cccc(S(=O)(=O)c2ccc(=O)n(CC(=O)Nc3cccc(C(C)C)c3)n2)c1. The minimum absolute atomic E-state index is 0.0788. The number of anilines is 1. The molecule has 3 aromatic rings. The Morgan fingerprint density at radius 1 is 1.07 bits per heavy atom. The van der Waals surface area contributed by atoms with Gasteiger partial charge in [-0.05, 0) is 54.3 Å². The lowest BCUT2D eigenvalue weighted by molar-refractivity contribution is -0.117. The van der Waals surface area contributed by atoms with Crippen LogP contribution in [0, 0.1) is 6.92 Å². The number of hydrogen-bond donors (Lipinski definition) is 1. The molecule has 0 saturated carbocycles. The lowest BCUT2D eigenvalue weighted by Crippen LogP contribution is -2.30. The molecule has 0 radical (unpaired) electrons. The van der Waals surface area contributed by atoms with E-state index in [-0.39, 0.29) is 9.92 Å². The molecule has 2 aromatic carbocycles. The number of aromatic nitrogens is 2. The van der Waals surface area contributed by atoms with Crippen molar-refractivity contribution in [1.82, 2.24) is 9.78 Å². The standard InChI is InChI=1S/C22H23N3O4S/c1-15(2)17-7-5-8-18(13-17)23-20(26)14-25-22(27)11-10-21(24-25)30(28,29)19-9-4-6-16(3)12-19/h4-13,15H,14H2,1-3H3,(H,23,26). The summed E-state index contributed by atoms with van der Waals surface area (Å²) in [5.41, 5.74) is 1.88. The summed E-state index contributed by atoms with van der Waals surface area (Å²) in [5, 5.41) is 6.37. The van der Waals surface area contributed by atoms with Crippen LogP contribution in [-0.2, 0) is 21.2 Å². The highest BCUT2D eigenvalue weighted by Crippen LogP contribution is 2.20. The molecule has 0 bridgehead atoms. The lowest BCUT2D eigenvalue weighted by Gasteiger charge is -2.11. The van der Waals surface area contributed by atoms with E-state index in [1.54, 1.807) is 25.1 Å². The van der Waals surface area contributed by atoms with Gasteiger partial charge in [-0.3, -0.25) is 9.59 Å². The number of hydrogen-bond acceptors (Lipinski definition) is 5. The van der Waals surface area contributed by atoms with Crippen LogP contribution in [0.3, 0.4) is 0 Å². The number of amides is 1. The zero-order valence-corrected chi connectivity index (χ0v) is 17.8. The van der Waals surface area contributed by atoms with Gasteiger partial charge in [-0.15, -0.1) is 0 Å². The van der Waals surface area contributed by atoms with E-state index in [0.29, 0.717) is 11.6 Å². The van der Waals surface area contributed by atoms with Crippen molar-refractivity contribution in [2.75, 3.05) is 5.32 Å². The molecule has 7 nitrogen and oxygen atoms in total. The molecule has 1 amide bonds. The van der Waals surface area contributed by atoms with E-state index in [9.17, 15) is 18.0 Å². The number of carbonyl (C=O) groups is 1. The Hall–Kier alpha value is -3.26. The van der Waals surface area contributed by atoms with E-state index in [4.69, 9.17) is 0 Å². The highest BCUT2D eigenvalue weighted by atomic mass is 32.2. The second-order valence-corrected chi connectivity index (χ2v) is 9.21. The van der Waals surface area contributed by atoms with Gasteiger partial charge in [0.15, 0.2) is 5.03 Å². The summed E-state index contributed by atoms with van der Waals surface area (Å²) < 4.78 is 26.5. The second-order valence-electron chi connectivity index (χ2n) is 7.32. The van der Waals surface area contributed by atoms with Gasteiger partial charge in [-0.1, -0.05) is 38.1 Å². The molecule has 0 atom stereocenters. The molecule has 156 valence electrons. The molecule has 0 saturated heterocycles. The summed E-state index contributed by atoms with van der Waals surface area (Å²) in [7, 11) is -3.91. The van der Waals surface area contributed by atoms with Crippen LogP contribution in [0.4, 0.5) is 5.69 Å². The van der Waals surface area contributed by atoms with Gasteiger partial charge in [0.2, 0.25) is 15.7 Å². The number of benzene rings is 2. The zero-order chi connectivity index (χ0) is 21.9. The average molecular weight is 426 g/mol. The third-order valence-corrected chi connectivity index (χ3v) is 6.19. The number of sulfone groups is 1. The normalized spacial score (nSPS) is 11.5. The van der Waals surface area contributed by atoms with Crippen molar-refractivity contribution in [2.24, 2.45) is 0 Å². The van der Waals surface area contributed by atoms with Gasteiger partial charge >= 0.3 is 0 Å². The predicted molar refractivity (Wildman–Crippen MR) is 114 cm³/mol. The molecule has 0 spiro atoms. The molecule has 3 rings (SSSR count). The van der Waals surface area contributed by atoms with Gasteiger partial charge in [-0.25, -0.2) is 13.1 Å². The highest BCUT2D eigenvalue weighted by Gasteiger charge is 2.21. The number of rotatable bonds is 6. The van der Waals surface area contributed by atoms with Crippen LogP contribution in [0.5, 0.6) is 0 Å². The molecular formula is C22H23N3O4S. The van der Waals surface area contributed by atoms with Crippen LogP contribution in [0.15, 0.2) is 75.4 Å². The van der Waals surface area contributed by atoms with Gasteiger partial charge in [0.1, 0.15) is 6.54 Å². The maximum Gasteiger partial charge on any atom is 0.267 e. The highest BCUT2D eigenvalue weighted by molar-refractivity contribution is 7.91. The van der Waals surface area contributed by atoms with Crippen LogP contribution in [0.1, 0.15) is 30.9 Å². The first kappa shape index (κ1) is 21.4. The van der Waals surface area contributed by atoms with Crippen molar-refractivity contribution in [3.63, 3.8) is 0 Å². The van der Waals surface area contributed by atoms with Crippen molar-refractivity contribution in [3.8, 4) is 0 Å². The smallest absolute Gasteiger partial charge is 0.267 e. The quantitative estimate of drug-likeness (QED) is 0.654. The molecule has 0 aliphatic heterocycles. The Balaban J connectivity index is 1.84. The monoisotopic (exact) mass is 425 g/mol. The van der Waals surface area contributed by atoms with E-state index in [1.807, 2.05) is 32.0 Å². The average Bonchev–Trinajstić information content (AvgIpc) is 2.69. The summed E-state index contributed by atoms with van der Waals surface area (Å²) in [6.07, 6.45) is 0. The molecule has 8 heteroatoms. The Kier molecular flexibility index (Phi) is 6.17. The van der Waals surface area contributed by atoms with Crippen LogP contribution < -0.4 is 10.9 Å². The Bertz CT molecular complexity index is 1250. The third kappa shape index (κ3) is 4.83. The van der Waals surface area contributed by atoms with Crippen molar-refractivity contribution in [1.29, 1.82) is 0 Å². The molecule has 0 unspecified atom stereocenters. The van der Waals surface area contributed by atoms with Crippen molar-refractivity contribution in [2.45, 2.75) is 43.2 Å². The fourth-order valence-corrected chi connectivity index (χ4v) is 4.20. The van der Waals surface area contributed by atoms with Gasteiger partial charge in [0.05, 0.1) is 4.90 Å². The van der Waals surface area contributed by atoms with E-state index in [0.717, 1.165) is 27.9 Å². The van der Waals surface area contributed by atoms with Crippen LogP contribution >= 0.6 is 0 Å². The van der Waals surface area contributed by atoms with Crippen molar-refractivity contribution >= 4 is 21.4 Å². The Labute approximate surface area is 175 Å². The van der Waals surface area contributed by atoms with Gasteiger partial charge < -0.3 is 5.32 Å². The van der Waals surface area contributed by atoms with E-state index < -0.39 is 27.8 Å². The first-order chi connectivity index (χ1) is 14.2. The van der Waals surface area contributed by atoms with E-state index in [1.165, 1.54) is 12.1 Å². The summed E-state index contributed by atoms with van der Waals surface area (Å²) >= 11 is 0. The fraction of sp³-hybridized carbons (Fsp3) is 0.227. The second kappa shape index (κ2) is 8.62. The molecular weight excluding hydrogens is 402 g/mol. The van der Waals surface area contributed by atoms with E-state index >= 15 is 0 Å². The minimum atomic E-state index is -3.91. The molecule has 1 aromatic heterocycles.